The highest BCUT2D eigenvalue weighted by molar-refractivity contribution is 8.02. The lowest BCUT2D eigenvalue weighted by atomic mass is 9.78. The predicted octanol–water partition coefficient (Wildman–Crippen LogP) is 1.67. The summed E-state index contributed by atoms with van der Waals surface area (Å²) in [6.45, 7) is 10.0. The van der Waals surface area contributed by atoms with Crippen molar-refractivity contribution in [2.24, 2.45) is 11.8 Å². The van der Waals surface area contributed by atoms with Gasteiger partial charge in [-0.15, -0.1) is 11.8 Å². The van der Waals surface area contributed by atoms with Crippen LogP contribution in [0.1, 0.15) is 40.5 Å². The number of nitrogens with zero attached hydrogens (tertiary/aromatic N) is 3. The van der Waals surface area contributed by atoms with Crippen molar-refractivity contribution in [3.05, 3.63) is 24.3 Å². The van der Waals surface area contributed by atoms with Crippen LogP contribution < -0.4 is 0 Å². The van der Waals surface area contributed by atoms with Gasteiger partial charge in [-0.25, -0.2) is 0 Å². The van der Waals surface area contributed by atoms with Gasteiger partial charge in [-0.1, -0.05) is 31.2 Å². The third kappa shape index (κ3) is 3.50. The fourth-order valence-electron chi connectivity index (χ4n) is 5.74. The number of hydrogen-bond donors (Lipinski definition) is 1. The lowest BCUT2D eigenvalue weighted by Crippen LogP contribution is -2.57. The first-order valence-electron chi connectivity index (χ1n) is 11.7. The highest BCUT2D eigenvalue weighted by atomic mass is 32.2. The molecule has 4 rings (SSSR count). The quantitative estimate of drug-likeness (QED) is 0.630. The summed E-state index contributed by atoms with van der Waals surface area (Å²) in [6, 6.07) is -0.665. The summed E-state index contributed by atoms with van der Waals surface area (Å²) in [5.74, 6) is -1.22. The van der Waals surface area contributed by atoms with E-state index in [1.54, 1.807) is 16.7 Å². The number of carbonyl (C=O) groups excluding carboxylic acids is 3. The van der Waals surface area contributed by atoms with Crippen LogP contribution in [0, 0.1) is 11.8 Å². The van der Waals surface area contributed by atoms with Gasteiger partial charge in [0.15, 0.2) is 0 Å². The van der Waals surface area contributed by atoms with Crippen LogP contribution in [0.25, 0.3) is 0 Å². The lowest BCUT2D eigenvalue weighted by molar-refractivity contribution is -0.146. The molecular formula is C24H35N3O4S. The zero-order valence-corrected chi connectivity index (χ0v) is 20.3. The number of carbonyl (C=O) groups is 3. The zero-order valence-electron chi connectivity index (χ0n) is 19.5. The maximum Gasteiger partial charge on any atom is 0.247 e. The lowest BCUT2D eigenvalue weighted by Gasteiger charge is -2.40. The Labute approximate surface area is 194 Å². The molecule has 0 aliphatic carbocycles. The molecule has 4 aliphatic heterocycles. The Hall–Kier alpha value is -1.80. The highest BCUT2D eigenvalue weighted by Crippen LogP contribution is 2.61. The van der Waals surface area contributed by atoms with E-state index in [0.717, 1.165) is 6.42 Å². The number of amides is 3. The van der Waals surface area contributed by atoms with E-state index < -0.39 is 28.2 Å². The van der Waals surface area contributed by atoms with E-state index in [1.807, 2.05) is 55.7 Å². The smallest absolute Gasteiger partial charge is 0.247 e. The van der Waals surface area contributed by atoms with Gasteiger partial charge in [0, 0.05) is 43.6 Å². The number of hydrogen-bond acceptors (Lipinski definition) is 5. The largest absolute Gasteiger partial charge is 0.396 e. The summed E-state index contributed by atoms with van der Waals surface area (Å²) in [5.41, 5.74) is -0.391. The molecule has 3 amide bonds. The van der Waals surface area contributed by atoms with E-state index in [0.29, 0.717) is 32.6 Å². The van der Waals surface area contributed by atoms with Gasteiger partial charge >= 0.3 is 0 Å². The monoisotopic (exact) mass is 461 g/mol. The molecule has 4 heterocycles. The molecule has 7 nitrogen and oxygen atoms in total. The van der Waals surface area contributed by atoms with Crippen LogP contribution in [0.5, 0.6) is 0 Å². The maximum atomic E-state index is 14.0. The molecule has 2 fully saturated rings. The van der Waals surface area contributed by atoms with Gasteiger partial charge in [0.25, 0.3) is 0 Å². The summed E-state index contributed by atoms with van der Waals surface area (Å²) in [4.78, 5) is 46.8. The van der Waals surface area contributed by atoms with Crippen LogP contribution in [0.4, 0.5) is 0 Å². The zero-order chi connectivity index (χ0) is 23.3. The van der Waals surface area contributed by atoms with Gasteiger partial charge in [-0.05, 0) is 33.6 Å². The number of rotatable bonds is 5. The SMILES string of the molecule is CCCN1CC=C[C@@H]2S[C@]34C=CCN(C(C)(C)C)C(=O)C3N(CCCO)C(=O)[C@@H]4[C@@H]2C1=O. The Morgan fingerprint density at radius 3 is 2.50 bits per heavy atom. The summed E-state index contributed by atoms with van der Waals surface area (Å²) in [6.07, 6.45) is 9.44. The first-order chi connectivity index (χ1) is 15.2. The Kier molecular flexibility index (Phi) is 6.22. The molecule has 176 valence electrons. The second-order valence-electron chi connectivity index (χ2n) is 10.2. The number of fused-ring (bicyclic) bond motifs is 2. The van der Waals surface area contributed by atoms with Crippen LogP contribution in [-0.2, 0) is 14.4 Å². The van der Waals surface area contributed by atoms with E-state index in [4.69, 9.17) is 0 Å². The minimum atomic E-state index is -0.770. The van der Waals surface area contributed by atoms with Crippen LogP contribution >= 0.6 is 11.8 Å². The summed E-state index contributed by atoms with van der Waals surface area (Å²) < 4.78 is -0.770. The molecule has 0 aromatic heterocycles. The molecule has 5 atom stereocenters. The molecule has 0 bridgehead atoms. The van der Waals surface area contributed by atoms with Gasteiger partial charge in [-0.2, -0.15) is 0 Å². The van der Waals surface area contributed by atoms with Gasteiger partial charge < -0.3 is 19.8 Å². The molecular weight excluding hydrogens is 426 g/mol. The van der Waals surface area contributed by atoms with Crippen LogP contribution in [-0.4, -0.2) is 91.9 Å². The molecule has 4 aliphatic rings. The topological polar surface area (TPSA) is 81.2 Å². The number of aliphatic hydroxyl groups excluding tert-OH is 1. The number of thioether (sulfide) groups is 1. The van der Waals surface area contributed by atoms with E-state index in [2.05, 4.69) is 6.08 Å². The minimum Gasteiger partial charge on any atom is -0.396 e. The summed E-state index contributed by atoms with van der Waals surface area (Å²) in [7, 11) is 0. The molecule has 0 aromatic carbocycles. The van der Waals surface area contributed by atoms with Crippen molar-refractivity contribution in [1.82, 2.24) is 14.7 Å². The van der Waals surface area contributed by atoms with Gasteiger partial charge in [0.1, 0.15) is 6.04 Å². The van der Waals surface area contributed by atoms with Gasteiger partial charge in [0.2, 0.25) is 17.7 Å². The van der Waals surface area contributed by atoms with Crippen molar-refractivity contribution in [2.75, 3.05) is 32.8 Å². The standard InChI is InChI=1S/C24H35N3O4S/c1-5-11-25-12-6-9-16-17(20(25)29)18-21(30)26(13-8-15-28)19-22(31)27(23(2,3)4)14-7-10-24(18,19)32-16/h6-7,9-10,16-19,28H,5,8,11-15H2,1-4H3/t16-,17+,18-,19?,24-/m0/s1. The Morgan fingerprint density at radius 1 is 1.09 bits per heavy atom. The average molecular weight is 462 g/mol. The normalized spacial score (nSPS) is 34.5. The molecule has 0 aromatic rings. The summed E-state index contributed by atoms with van der Waals surface area (Å²) in [5, 5.41) is 9.33. The molecule has 1 N–H and O–H groups in total. The Bertz CT molecular complexity index is 851. The Balaban J connectivity index is 1.81. The van der Waals surface area contributed by atoms with Gasteiger partial charge in [-0.3, -0.25) is 14.4 Å². The highest BCUT2D eigenvalue weighted by Gasteiger charge is 2.71. The van der Waals surface area contributed by atoms with Crippen molar-refractivity contribution >= 4 is 29.5 Å². The van der Waals surface area contributed by atoms with E-state index in [1.165, 1.54) is 0 Å². The minimum absolute atomic E-state index is 0.0186. The summed E-state index contributed by atoms with van der Waals surface area (Å²) >= 11 is 1.61. The van der Waals surface area contributed by atoms with E-state index in [9.17, 15) is 19.5 Å². The fourth-order valence-corrected chi connectivity index (χ4v) is 7.75. The van der Waals surface area contributed by atoms with Crippen molar-refractivity contribution in [3.8, 4) is 0 Å². The third-order valence-corrected chi connectivity index (χ3v) is 8.85. The third-order valence-electron chi connectivity index (χ3n) is 7.10. The molecule has 0 saturated carbocycles. The molecule has 0 radical (unpaired) electrons. The van der Waals surface area contributed by atoms with Crippen molar-refractivity contribution in [3.63, 3.8) is 0 Å². The molecule has 32 heavy (non-hydrogen) atoms. The molecule has 1 spiro atoms. The second-order valence-corrected chi connectivity index (χ2v) is 11.7. The number of aliphatic hydroxyl groups is 1. The maximum absolute atomic E-state index is 14.0. The van der Waals surface area contributed by atoms with Crippen LogP contribution in [0.2, 0.25) is 0 Å². The second kappa shape index (κ2) is 8.52. The van der Waals surface area contributed by atoms with Crippen molar-refractivity contribution in [1.29, 1.82) is 0 Å². The molecule has 1 unspecified atom stereocenters. The van der Waals surface area contributed by atoms with Crippen molar-refractivity contribution in [2.45, 2.75) is 62.1 Å². The molecule has 8 heteroatoms. The first kappa shape index (κ1) is 23.4. The average Bonchev–Trinajstić information content (AvgIpc) is 3.03. The predicted molar refractivity (Wildman–Crippen MR) is 125 cm³/mol. The Morgan fingerprint density at radius 2 is 1.84 bits per heavy atom. The van der Waals surface area contributed by atoms with E-state index >= 15 is 0 Å². The number of likely N-dealkylation sites (tertiary alicyclic amines) is 1. The van der Waals surface area contributed by atoms with E-state index in [-0.39, 0.29) is 29.6 Å². The van der Waals surface area contributed by atoms with Crippen molar-refractivity contribution < 1.29 is 19.5 Å². The van der Waals surface area contributed by atoms with Gasteiger partial charge in [0.05, 0.1) is 16.6 Å². The fraction of sp³-hybridized carbons (Fsp3) is 0.708. The first-order valence-corrected chi connectivity index (χ1v) is 12.6. The van der Waals surface area contributed by atoms with Crippen LogP contribution in [0.15, 0.2) is 24.3 Å². The molecule has 2 saturated heterocycles. The van der Waals surface area contributed by atoms with Crippen LogP contribution in [0.3, 0.4) is 0 Å².